The first-order valence-corrected chi connectivity index (χ1v) is 5.47. The van der Waals surface area contributed by atoms with E-state index in [0.717, 1.165) is 11.3 Å². The average Bonchev–Trinajstić information content (AvgIpc) is 2.28. The summed E-state index contributed by atoms with van der Waals surface area (Å²) in [4.78, 5) is 16.8. The molecule has 1 N–H and O–H groups in total. The second-order valence-corrected chi connectivity index (χ2v) is 3.86. The number of aromatic nitrogens is 1. The minimum atomic E-state index is -0.838. The Morgan fingerprint density at radius 1 is 1.59 bits per heavy atom. The number of hydrogen-bond acceptors (Lipinski definition) is 4. The number of carbonyl (C=O) groups is 1. The molecule has 0 aliphatic rings. The Balaban J connectivity index is 2.64. The number of carboxylic acid groups (broad SMARTS) is 1. The Kier molecular flexibility index (Phi) is 5.59. The van der Waals surface area contributed by atoms with Gasteiger partial charge in [-0.1, -0.05) is 6.07 Å². The zero-order chi connectivity index (χ0) is 12.7. The molecule has 0 unspecified atom stereocenters. The van der Waals surface area contributed by atoms with Crippen LogP contribution in [-0.2, 0) is 16.1 Å². The van der Waals surface area contributed by atoms with Crippen LogP contribution in [-0.4, -0.2) is 47.8 Å². The lowest BCUT2D eigenvalue weighted by molar-refractivity contribution is -0.138. The van der Waals surface area contributed by atoms with E-state index in [1.165, 1.54) is 0 Å². The van der Waals surface area contributed by atoms with Crippen molar-refractivity contribution in [2.45, 2.75) is 13.5 Å². The number of pyridine rings is 1. The summed E-state index contributed by atoms with van der Waals surface area (Å²) in [6, 6.07) is 3.84. The van der Waals surface area contributed by atoms with Crippen LogP contribution >= 0.6 is 0 Å². The van der Waals surface area contributed by atoms with Gasteiger partial charge < -0.3 is 9.84 Å². The number of ether oxygens (including phenoxy) is 1. The molecule has 1 rings (SSSR count). The molecular weight excluding hydrogens is 220 g/mol. The second-order valence-electron chi connectivity index (χ2n) is 3.86. The van der Waals surface area contributed by atoms with Gasteiger partial charge in [-0.25, -0.2) is 0 Å². The number of aliphatic carboxylic acids is 1. The molecule has 5 heteroatoms. The number of hydrogen-bond donors (Lipinski definition) is 1. The van der Waals surface area contributed by atoms with Crippen LogP contribution in [0.5, 0.6) is 0 Å². The normalized spacial score (nSPS) is 10.8. The largest absolute Gasteiger partial charge is 0.480 e. The van der Waals surface area contributed by atoms with Crippen LogP contribution in [0.25, 0.3) is 0 Å². The van der Waals surface area contributed by atoms with Gasteiger partial charge in [0.15, 0.2) is 0 Å². The van der Waals surface area contributed by atoms with Crippen LogP contribution in [0.3, 0.4) is 0 Å². The van der Waals surface area contributed by atoms with Crippen molar-refractivity contribution < 1.29 is 14.6 Å². The maximum atomic E-state index is 10.7. The van der Waals surface area contributed by atoms with E-state index in [4.69, 9.17) is 9.84 Å². The van der Waals surface area contributed by atoms with Gasteiger partial charge in [0.25, 0.3) is 0 Å². The monoisotopic (exact) mass is 238 g/mol. The van der Waals surface area contributed by atoms with Gasteiger partial charge >= 0.3 is 5.97 Å². The lowest BCUT2D eigenvalue weighted by Gasteiger charge is -2.20. The topological polar surface area (TPSA) is 62.7 Å². The molecule has 1 heterocycles. The number of aryl methyl sites for hydroxylation is 1. The number of methoxy groups -OCH3 is 1. The molecule has 1 aromatic heterocycles. The SMILES string of the molecule is COCCN(CC(=O)O)Cc1ncccc1C. The van der Waals surface area contributed by atoms with Crippen molar-refractivity contribution in [1.82, 2.24) is 9.88 Å². The molecule has 0 saturated heterocycles. The van der Waals surface area contributed by atoms with Crippen molar-refractivity contribution in [3.05, 3.63) is 29.6 Å². The molecule has 0 aromatic carbocycles. The maximum Gasteiger partial charge on any atom is 0.317 e. The zero-order valence-corrected chi connectivity index (χ0v) is 10.2. The highest BCUT2D eigenvalue weighted by Crippen LogP contribution is 2.07. The molecule has 0 bridgehead atoms. The number of carboxylic acids is 1. The van der Waals surface area contributed by atoms with E-state index >= 15 is 0 Å². The molecule has 0 amide bonds. The van der Waals surface area contributed by atoms with Gasteiger partial charge in [-0.2, -0.15) is 0 Å². The Morgan fingerprint density at radius 3 is 2.94 bits per heavy atom. The highest BCUT2D eigenvalue weighted by atomic mass is 16.5. The molecule has 0 fully saturated rings. The molecule has 0 aliphatic heterocycles. The lowest BCUT2D eigenvalue weighted by atomic mass is 10.2. The van der Waals surface area contributed by atoms with Crippen LogP contribution in [0.15, 0.2) is 18.3 Å². The fourth-order valence-electron chi connectivity index (χ4n) is 1.52. The summed E-state index contributed by atoms with van der Waals surface area (Å²) in [5.41, 5.74) is 1.98. The van der Waals surface area contributed by atoms with E-state index in [9.17, 15) is 4.79 Å². The summed E-state index contributed by atoms with van der Waals surface area (Å²) in [5, 5.41) is 8.83. The average molecular weight is 238 g/mol. The highest BCUT2D eigenvalue weighted by molar-refractivity contribution is 5.69. The summed E-state index contributed by atoms with van der Waals surface area (Å²) < 4.78 is 4.97. The molecule has 94 valence electrons. The third kappa shape index (κ3) is 4.93. The van der Waals surface area contributed by atoms with E-state index in [1.807, 2.05) is 19.1 Å². The standard InChI is InChI=1S/C12H18N2O3/c1-10-4-3-5-13-11(10)8-14(6-7-17-2)9-12(15)16/h3-5H,6-9H2,1-2H3,(H,15,16). The second kappa shape index (κ2) is 6.98. The molecule has 5 nitrogen and oxygen atoms in total. The zero-order valence-electron chi connectivity index (χ0n) is 10.2. The van der Waals surface area contributed by atoms with E-state index in [2.05, 4.69) is 4.98 Å². The van der Waals surface area contributed by atoms with Crippen molar-refractivity contribution in [1.29, 1.82) is 0 Å². The van der Waals surface area contributed by atoms with Crippen molar-refractivity contribution in [3.8, 4) is 0 Å². The van der Waals surface area contributed by atoms with Crippen molar-refractivity contribution in [2.24, 2.45) is 0 Å². The van der Waals surface area contributed by atoms with E-state index in [-0.39, 0.29) is 6.54 Å². The third-order valence-electron chi connectivity index (χ3n) is 2.46. The predicted octanol–water partition coefficient (Wildman–Crippen LogP) is 0.923. The summed E-state index contributed by atoms with van der Waals surface area (Å²) in [5.74, 6) is -0.838. The fraction of sp³-hybridized carbons (Fsp3) is 0.500. The number of nitrogens with zero attached hydrogens (tertiary/aromatic N) is 2. The fourth-order valence-corrected chi connectivity index (χ4v) is 1.52. The summed E-state index contributed by atoms with van der Waals surface area (Å²) >= 11 is 0. The lowest BCUT2D eigenvalue weighted by Crippen LogP contribution is -2.32. The van der Waals surface area contributed by atoms with Gasteiger partial charge in [0.05, 0.1) is 18.8 Å². The van der Waals surface area contributed by atoms with Crippen molar-refractivity contribution >= 4 is 5.97 Å². The minimum Gasteiger partial charge on any atom is -0.480 e. The van der Waals surface area contributed by atoms with Gasteiger partial charge in [0.1, 0.15) is 0 Å². The predicted molar refractivity (Wildman–Crippen MR) is 63.8 cm³/mol. The highest BCUT2D eigenvalue weighted by Gasteiger charge is 2.11. The molecule has 0 aliphatic carbocycles. The Morgan fingerprint density at radius 2 is 2.35 bits per heavy atom. The molecule has 17 heavy (non-hydrogen) atoms. The van der Waals surface area contributed by atoms with E-state index in [0.29, 0.717) is 19.7 Å². The first kappa shape index (κ1) is 13.6. The minimum absolute atomic E-state index is 0.000621. The van der Waals surface area contributed by atoms with Gasteiger partial charge in [0, 0.05) is 26.4 Å². The number of rotatable bonds is 7. The first-order chi connectivity index (χ1) is 8.13. The van der Waals surface area contributed by atoms with E-state index < -0.39 is 5.97 Å². The smallest absolute Gasteiger partial charge is 0.317 e. The Labute approximate surface area is 101 Å². The third-order valence-corrected chi connectivity index (χ3v) is 2.46. The van der Waals surface area contributed by atoms with Crippen LogP contribution in [0.2, 0.25) is 0 Å². The Bertz CT molecular complexity index is 369. The first-order valence-electron chi connectivity index (χ1n) is 5.47. The van der Waals surface area contributed by atoms with E-state index in [1.54, 1.807) is 18.2 Å². The van der Waals surface area contributed by atoms with Crippen molar-refractivity contribution in [3.63, 3.8) is 0 Å². The van der Waals surface area contributed by atoms with Crippen LogP contribution in [0.4, 0.5) is 0 Å². The van der Waals surface area contributed by atoms with Gasteiger partial charge in [-0.3, -0.25) is 14.7 Å². The summed E-state index contributed by atoms with van der Waals surface area (Å²) in [6.07, 6.45) is 1.72. The molecular formula is C12H18N2O3. The van der Waals surface area contributed by atoms with Crippen LogP contribution < -0.4 is 0 Å². The van der Waals surface area contributed by atoms with Gasteiger partial charge in [-0.05, 0) is 18.6 Å². The van der Waals surface area contributed by atoms with Gasteiger partial charge in [-0.15, -0.1) is 0 Å². The molecule has 0 spiro atoms. The summed E-state index contributed by atoms with van der Waals surface area (Å²) in [7, 11) is 1.60. The molecule has 0 radical (unpaired) electrons. The molecule has 0 saturated carbocycles. The maximum absolute atomic E-state index is 10.7. The Hall–Kier alpha value is -1.46. The van der Waals surface area contributed by atoms with Crippen molar-refractivity contribution in [2.75, 3.05) is 26.8 Å². The van der Waals surface area contributed by atoms with Crippen LogP contribution in [0, 0.1) is 6.92 Å². The summed E-state index contributed by atoms with van der Waals surface area (Å²) in [6.45, 7) is 3.59. The van der Waals surface area contributed by atoms with Crippen LogP contribution in [0.1, 0.15) is 11.3 Å². The molecule has 0 atom stereocenters. The quantitative estimate of drug-likeness (QED) is 0.765. The van der Waals surface area contributed by atoms with Gasteiger partial charge in [0.2, 0.25) is 0 Å². The molecule has 1 aromatic rings.